The molecule has 0 saturated heterocycles. The van der Waals surface area contributed by atoms with Gasteiger partial charge in [-0.2, -0.15) is 0 Å². The molecule has 0 spiro atoms. The van der Waals surface area contributed by atoms with Crippen LogP contribution in [0, 0.1) is 5.41 Å². The van der Waals surface area contributed by atoms with Crippen LogP contribution in [0.5, 0.6) is 0 Å². The first-order chi connectivity index (χ1) is 9.48. The molecule has 1 atom stereocenters. The van der Waals surface area contributed by atoms with Crippen LogP contribution in [-0.2, 0) is 0 Å². The van der Waals surface area contributed by atoms with E-state index in [1.54, 1.807) is 0 Å². The number of fused-ring (bicyclic) bond motifs is 2. The number of benzene rings is 3. The van der Waals surface area contributed by atoms with E-state index in [1.807, 2.05) is 0 Å². The molecule has 2 N–H and O–H groups in total. The van der Waals surface area contributed by atoms with Gasteiger partial charge in [-0.05, 0) is 38.6 Å². The van der Waals surface area contributed by atoms with Gasteiger partial charge >= 0.3 is 0 Å². The summed E-state index contributed by atoms with van der Waals surface area (Å²) in [6.45, 7) is 6.61. The van der Waals surface area contributed by atoms with Gasteiger partial charge in [0.25, 0.3) is 0 Å². The average molecular weight is 300 g/mol. The number of hydrogen-bond donors (Lipinski definition) is 1. The first-order valence-corrected chi connectivity index (χ1v) is 7.14. The van der Waals surface area contributed by atoms with Crippen LogP contribution in [0.25, 0.3) is 21.5 Å². The quantitative estimate of drug-likeness (QED) is 0.593. The summed E-state index contributed by atoms with van der Waals surface area (Å²) in [4.78, 5) is 0. The van der Waals surface area contributed by atoms with E-state index < -0.39 is 0 Å². The maximum atomic E-state index is 6.60. The Kier molecular flexibility index (Phi) is 4.27. The molecule has 0 aromatic heterocycles. The normalized spacial score (nSPS) is 13.1. The summed E-state index contributed by atoms with van der Waals surface area (Å²) >= 11 is 0. The van der Waals surface area contributed by atoms with Gasteiger partial charge in [0, 0.05) is 6.04 Å². The lowest BCUT2D eigenvalue weighted by molar-refractivity contribution is 0.330. The van der Waals surface area contributed by atoms with Gasteiger partial charge in [0.1, 0.15) is 0 Å². The maximum absolute atomic E-state index is 6.60. The second-order valence-corrected chi connectivity index (χ2v) is 6.58. The van der Waals surface area contributed by atoms with E-state index in [4.69, 9.17) is 5.73 Å². The summed E-state index contributed by atoms with van der Waals surface area (Å²) in [5, 5.41) is 5.07. The zero-order valence-electron chi connectivity index (χ0n) is 12.8. The first-order valence-electron chi connectivity index (χ1n) is 7.14. The van der Waals surface area contributed by atoms with E-state index in [0.29, 0.717) is 0 Å². The lowest BCUT2D eigenvalue weighted by Gasteiger charge is -2.29. The summed E-state index contributed by atoms with van der Waals surface area (Å²) < 4.78 is 0. The molecule has 0 amide bonds. The SMILES string of the molecule is CC(C)(C)[C@H](N)c1c2ccccc2cc2ccccc12.Cl. The highest BCUT2D eigenvalue weighted by Crippen LogP contribution is 2.39. The van der Waals surface area contributed by atoms with Crippen LogP contribution in [0.4, 0.5) is 0 Å². The Morgan fingerprint density at radius 3 is 1.67 bits per heavy atom. The van der Waals surface area contributed by atoms with Crippen LogP contribution in [0.3, 0.4) is 0 Å². The molecule has 2 heteroatoms. The predicted octanol–water partition coefficient (Wildman–Crippen LogP) is 5.46. The molecule has 0 aliphatic carbocycles. The second-order valence-electron chi connectivity index (χ2n) is 6.58. The molecular weight excluding hydrogens is 278 g/mol. The number of halogens is 1. The first kappa shape index (κ1) is 15.8. The summed E-state index contributed by atoms with van der Waals surface area (Å²) in [6, 6.07) is 19.3. The lowest BCUT2D eigenvalue weighted by Crippen LogP contribution is -2.26. The Hall–Kier alpha value is -1.57. The Bertz CT molecular complexity index is 717. The van der Waals surface area contributed by atoms with E-state index in [0.717, 1.165) is 0 Å². The number of hydrogen-bond acceptors (Lipinski definition) is 1. The third-order valence-corrected chi connectivity index (χ3v) is 4.06. The molecule has 0 unspecified atom stereocenters. The van der Waals surface area contributed by atoms with Gasteiger partial charge in [-0.25, -0.2) is 0 Å². The van der Waals surface area contributed by atoms with E-state index in [9.17, 15) is 0 Å². The molecule has 21 heavy (non-hydrogen) atoms. The van der Waals surface area contributed by atoms with Crippen molar-refractivity contribution in [3.05, 3.63) is 60.2 Å². The van der Waals surface area contributed by atoms with Gasteiger partial charge < -0.3 is 5.73 Å². The molecule has 0 radical (unpaired) electrons. The summed E-state index contributed by atoms with van der Waals surface area (Å²) in [5.41, 5.74) is 7.91. The third kappa shape index (κ3) is 2.76. The Morgan fingerprint density at radius 1 is 0.810 bits per heavy atom. The highest BCUT2D eigenvalue weighted by molar-refractivity contribution is 6.02. The molecule has 3 aromatic carbocycles. The van der Waals surface area contributed by atoms with E-state index in [-0.39, 0.29) is 23.9 Å². The minimum Gasteiger partial charge on any atom is -0.323 e. The topological polar surface area (TPSA) is 26.0 Å². The van der Waals surface area contributed by atoms with Gasteiger partial charge in [0.15, 0.2) is 0 Å². The second kappa shape index (κ2) is 5.67. The van der Waals surface area contributed by atoms with Crippen LogP contribution in [-0.4, -0.2) is 0 Å². The van der Waals surface area contributed by atoms with Gasteiger partial charge in [-0.15, -0.1) is 12.4 Å². The minimum atomic E-state index is 0. The number of rotatable bonds is 1. The predicted molar refractivity (Wildman–Crippen MR) is 95.1 cm³/mol. The lowest BCUT2D eigenvalue weighted by atomic mass is 9.79. The van der Waals surface area contributed by atoms with Crippen LogP contribution < -0.4 is 5.73 Å². The van der Waals surface area contributed by atoms with Crippen molar-refractivity contribution < 1.29 is 0 Å². The van der Waals surface area contributed by atoms with Crippen molar-refractivity contribution in [2.45, 2.75) is 26.8 Å². The molecule has 110 valence electrons. The maximum Gasteiger partial charge on any atom is 0.0356 e. The van der Waals surface area contributed by atoms with Crippen molar-refractivity contribution in [1.82, 2.24) is 0 Å². The fraction of sp³-hybridized carbons (Fsp3) is 0.263. The summed E-state index contributed by atoms with van der Waals surface area (Å²) in [5.74, 6) is 0. The van der Waals surface area contributed by atoms with Crippen LogP contribution in [0.15, 0.2) is 54.6 Å². The Labute approximate surface area is 132 Å². The molecule has 3 rings (SSSR count). The smallest absolute Gasteiger partial charge is 0.0356 e. The van der Waals surface area contributed by atoms with Crippen LogP contribution >= 0.6 is 12.4 Å². The standard InChI is InChI=1S/C19H21N.ClH/c1-19(2,3)18(20)17-15-10-6-4-8-13(15)12-14-9-5-7-11-16(14)17;/h4-12,18H,20H2,1-3H3;1H/t18-;/m1./s1. The van der Waals surface area contributed by atoms with Crippen molar-refractivity contribution >= 4 is 34.0 Å². The molecule has 0 bridgehead atoms. The Morgan fingerprint density at radius 2 is 1.24 bits per heavy atom. The fourth-order valence-electron chi connectivity index (χ4n) is 2.82. The van der Waals surface area contributed by atoms with Gasteiger partial charge in [-0.1, -0.05) is 69.3 Å². The third-order valence-electron chi connectivity index (χ3n) is 4.06. The fourth-order valence-corrected chi connectivity index (χ4v) is 2.82. The summed E-state index contributed by atoms with van der Waals surface area (Å²) in [6.07, 6.45) is 0. The number of nitrogens with two attached hydrogens (primary N) is 1. The molecule has 1 nitrogen and oxygen atoms in total. The zero-order chi connectivity index (χ0) is 14.3. The zero-order valence-corrected chi connectivity index (χ0v) is 13.6. The molecule has 0 aliphatic heterocycles. The molecule has 0 aliphatic rings. The average Bonchev–Trinajstić information content (AvgIpc) is 2.43. The highest BCUT2D eigenvalue weighted by atomic mass is 35.5. The van der Waals surface area contributed by atoms with Crippen molar-refractivity contribution in [3.8, 4) is 0 Å². The molecule has 3 aromatic rings. The molecule has 0 heterocycles. The van der Waals surface area contributed by atoms with Gasteiger partial charge in [-0.3, -0.25) is 0 Å². The van der Waals surface area contributed by atoms with Crippen molar-refractivity contribution in [1.29, 1.82) is 0 Å². The van der Waals surface area contributed by atoms with Crippen molar-refractivity contribution in [3.63, 3.8) is 0 Å². The van der Waals surface area contributed by atoms with Gasteiger partial charge in [0.2, 0.25) is 0 Å². The highest BCUT2D eigenvalue weighted by Gasteiger charge is 2.25. The molecular formula is C19H22ClN. The van der Waals surface area contributed by atoms with Crippen LogP contribution in [0.2, 0.25) is 0 Å². The van der Waals surface area contributed by atoms with Crippen molar-refractivity contribution in [2.24, 2.45) is 11.1 Å². The van der Waals surface area contributed by atoms with Crippen molar-refractivity contribution in [2.75, 3.05) is 0 Å². The van der Waals surface area contributed by atoms with Gasteiger partial charge in [0.05, 0.1) is 0 Å². The minimum absolute atomic E-state index is 0. The van der Waals surface area contributed by atoms with E-state index in [1.165, 1.54) is 27.1 Å². The van der Waals surface area contributed by atoms with E-state index in [2.05, 4.69) is 75.4 Å². The van der Waals surface area contributed by atoms with E-state index >= 15 is 0 Å². The summed E-state index contributed by atoms with van der Waals surface area (Å²) in [7, 11) is 0. The van der Waals surface area contributed by atoms with Crippen LogP contribution in [0.1, 0.15) is 32.4 Å². The molecule has 0 saturated carbocycles. The monoisotopic (exact) mass is 299 g/mol. The molecule has 0 fully saturated rings. The largest absolute Gasteiger partial charge is 0.323 e. The Balaban J connectivity index is 0.00000161.